The molecule has 0 radical (unpaired) electrons. The second kappa shape index (κ2) is 8.07. The summed E-state index contributed by atoms with van der Waals surface area (Å²) in [5, 5.41) is 18.1. The summed E-state index contributed by atoms with van der Waals surface area (Å²) in [5.74, 6) is -0.673. The molecule has 0 saturated carbocycles. The number of anilines is 1. The summed E-state index contributed by atoms with van der Waals surface area (Å²) >= 11 is 0. The summed E-state index contributed by atoms with van der Waals surface area (Å²) in [6.45, 7) is 0. The van der Waals surface area contributed by atoms with Gasteiger partial charge in [0.2, 0.25) is 0 Å². The number of hydrogen-bond donors (Lipinski definition) is 2. The highest BCUT2D eigenvalue weighted by Crippen LogP contribution is 2.23. The van der Waals surface area contributed by atoms with Gasteiger partial charge in [-0.25, -0.2) is 9.69 Å². The van der Waals surface area contributed by atoms with Gasteiger partial charge in [0, 0.05) is 5.56 Å². The van der Waals surface area contributed by atoms with Crippen molar-refractivity contribution in [1.82, 2.24) is 14.9 Å². The average molecular weight is 454 g/mol. The van der Waals surface area contributed by atoms with Crippen LogP contribution in [0.4, 0.5) is 5.69 Å². The molecule has 0 aliphatic carbocycles. The second-order valence-corrected chi connectivity index (χ2v) is 7.93. The summed E-state index contributed by atoms with van der Waals surface area (Å²) in [6, 6.07) is 10.6. The molecule has 4 N–H and O–H groups in total. The van der Waals surface area contributed by atoms with Crippen LogP contribution in [0.1, 0.15) is 10.4 Å². The third-order valence-electron chi connectivity index (χ3n) is 3.44. The van der Waals surface area contributed by atoms with Gasteiger partial charge in [0.15, 0.2) is 0 Å². The monoisotopic (exact) mass is 454 g/mol. The van der Waals surface area contributed by atoms with Crippen molar-refractivity contribution in [3.63, 3.8) is 0 Å². The largest absolute Gasteiger partial charge is 0.380 e. The number of nitrogens with two attached hydrogens (primary N) is 2. The molecule has 0 spiro atoms. The molecule has 3 rings (SSSR count). The molecule has 13 nitrogen and oxygen atoms in total. The number of rotatable bonds is 7. The van der Waals surface area contributed by atoms with Crippen molar-refractivity contribution in [2.75, 3.05) is 5.01 Å². The molecule has 1 aromatic heterocycles. The molecule has 0 bridgehead atoms. The summed E-state index contributed by atoms with van der Waals surface area (Å²) in [4.78, 5) is 13.1. The van der Waals surface area contributed by atoms with E-state index in [2.05, 4.69) is 18.6 Å². The number of carbonyl (C=O) groups is 1. The zero-order valence-corrected chi connectivity index (χ0v) is 16.5. The Morgan fingerprint density at radius 3 is 1.67 bits per heavy atom. The minimum Gasteiger partial charge on any atom is -0.371 e. The molecule has 1 amide bonds. The van der Waals surface area contributed by atoms with Crippen LogP contribution in [-0.2, 0) is 20.6 Å². The van der Waals surface area contributed by atoms with Crippen LogP contribution in [-0.4, -0.2) is 37.6 Å². The van der Waals surface area contributed by atoms with Crippen molar-refractivity contribution in [3.8, 4) is 11.5 Å². The number of amides is 1. The van der Waals surface area contributed by atoms with Gasteiger partial charge in [-0.1, -0.05) is 0 Å². The Bertz CT molecular complexity index is 1240. The molecule has 0 fully saturated rings. The van der Waals surface area contributed by atoms with Crippen LogP contribution in [0.15, 0.2) is 61.2 Å². The zero-order chi connectivity index (χ0) is 21.9. The van der Waals surface area contributed by atoms with Gasteiger partial charge >= 0.3 is 20.6 Å². The lowest BCUT2D eigenvalue weighted by molar-refractivity contribution is 0.0976. The van der Waals surface area contributed by atoms with Gasteiger partial charge in [-0.2, -0.15) is 27.1 Å². The first-order chi connectivity index (χ1) is 14.0. The van der Waals surface area contributed by atoms with E-state index in [1.54, 1.807) is 0 Å². The molecule has 3 aromatic rings. The van der Waals surface area contributed by atoms with E-state index in [0.29, 0.717) is 5.69 Å². The number of carbonyl (C=O) groups excluding carboxylic acids is 1. The van der Waals surface area contributed by atoms with Gasteiger partial charge in [0.25, 0.3) is 5.91 Å². The molecular weight excluding hydrogens is 440 g/mol. The molecule has 1 heterocycles. The molecule has 2 aromatic carbocycles. The smallest absolute Gasteiger partial charge is 0.371 e. The van der Waals surface area contributed by atoms with Crippen molar-refractivity contribution in [2.45, 2.75) is 0 Å². The minimum absolute atomic E-state index is 0.0538. The molecule has 0 unspecified atom stereocenters. The summed E-state index contributed by atoms with van der Waals surface area (Å²) in [5.41, 5.74) is 0.474. The standard InChI is InChI=1S/C15H14N6O7S2/c16-29(23,24)27-13-5-1-11(2-6-13)15(22)21(20-9-18-19-10-20)12-3-7-14(8-4-12)28-30(17,25)26/h1-10H,(H2,16,23,24)(H2,17,25,26). The highest BCUT2D eigenvalue weighted by Gasteiger charge is 2.21. The van der Waals surface area contributed by atoms with Gasteiger partial charge in [0.1, 0.15) is 24.2 Å². The van der Waals surface area contributed by atoms with Crippen molar-refractivity contribution in [1.29, 1.82) is 0 Å². The van der Waals surface area contributed by atoms with E-state index < -0.39 is 26.5 Å². The molecule has 0 saturated heterocycles. The van der Waals surface area contributed by atoms with Crippen LogP contribution in [0, 0.1) is 0 Å². The molecule has 0 aliphatic rings. The predicted molar refractivity (Wildman–Crippen MR) is 103 cm³/mol. The fraction of sp³-hybridized carbons (Fsp3) is 0. The fourth-order valence-corrected chi connectivity index (χ4v) is 3.10. The van der Waals surface area contributed by atoms with Crippen molar-refractivity contribution >= 4 is 32.2 Å². The maximum atomic E-state index is 13.1. The van der Waals surface area contributed by atoms with Crippen LogP contribution in [0.3, 0.4) is 0 Å². The Morgan fingerprint density at radius 1 is 0.800 bits per heavy atom. The summed E-state index contributed by atoms with van der Waals surface area (Å²) < 4.78 is 54.4. The lowest BCUT2D eigenvalue weighted by atomic mass is 10.2. The van der Waals surface area contributed by atoms with Gasteiger partial charge in [-0.3, -0.25) is 4.79 Å². The van der Waals surface area contributed by atoms with Gasteiger partial charge < -0.3 is 8.37 Å². The van der Waals surface area contributed by atoms with E-state index in [9.17, 15) is 21.6 Å². The third kappa shape index (κ3) is 5.51. The zero-order valence-electron chi connectivity index (χ0n) is 14.9. The predicted octanol–water partition coefficient (Wildman–Crippen LogP) is -0.447. The van der Waals surface area contributed by atoms with E-state index in [1.807, 2.05) is 0 Å². The summed E-state index contributed by atoms with van der Waals surface area (Å²) in [6.07, 6.45) is 2.54. The first-order valence-electron chi connectivity index (χ1n) is 7.86. The Labute approximate surface area is 170 Å². The lowest BCUT2D eigenvalue weighted by Crippen LogP contribution is -2.35. The molecular formula is C15H14N6O7S2. The third-order valence-corrected chi connectivity index (χ3v) is 4.29. The number of aromatic nitrogens is 3. The van der Waals surface area contributed by atoms with Crippen LogP contribution < -0.4 is 23.7 Å². The van der Waals surface area contributed by atoms with Crippen molar-refractivity contribution in [2.24, 2.45) is 10.3 Å². The topological polar surface area (TPSA) is 190 Å². The van der Waals surface area contributed by atoms with E-state index in [4.69, 9.17) is 10.3 Å². The molecule has 15 heteroatoms. The average Bonchev–Trinajstić information content (AvgIpc) is 3.15. The van der Waals surface area contributed by atoms with Crippen molar-refractivity contribution < 1.29 is 30.0 Å². The fourth-order valence-electron chi connectivity index (χ4n) is 2.34. The van der Waals surface area contributed by atoms with E-state index in [0.717, 1.165) is 0 Å². The van der Waals surface area contributed by atoms with Crippen molar-refractivity contribution in [3.05, 3.63) is 66.7 Å². The Morgan fingerprint density at radius 2 is 1.23 bits per heavy atom. The van der Waals surface area contributed by atoms with Crippen LogP contribution in [0.2, 0.25) is 0 Å². The maximum Gasteiger partial charge on any atom is 0.380 e. The van der Waals surface area contributed by atoms with Crippen LogP contribution >= 0.6 is 0 Å². The van der Waals surface area contributed by atoms with Gasteiger partial charge in [-0.15, -0.1) is 10.2 Å². The van der Waals surface area contributed by atoms with Gasteiger partial charge in [-0.05, 0) is 48.5 Å². The van der Waals surface area contributed by atoms with E-state index in [1.165, 1.54) is 70.9 Å². The first-order valence-corrected chi connectivity index (χ1v) is 10.8. The molecule has 0 atom stereocenters. The lowest BCUT2D eigenvalue weighted by Gasteiger charge is -2.23. The highest BCUT2D eigenvalue weighted by molar-refractivity contribution is 7.85. The summed E-state index contributed by atoms with van der Waals surface area (Å²) in [7, 11) is -8.40. The first kappa shape index (κ1) is 21.2. The minimum atomic E-state index is -4.20. The number of hydrogen-bond acceptors (Lipinski definition) is 9. The van der Waals surface area contributed by atoms with Crippen LogP contribution in [0.25, 0.3) is 0 Å². The number of benzene rings is 2. The van der Waals surface area contributed by atoms with Crippen LogP contribution in [0.5, 0.6) is 11.5 Å². The highest BCUT2D eigenvalue weighted by atomic mass is 32.2. The van der Waals surface area contributed by atoms with Gasteiger partial charge in [0.05, 0.1) is 5.69 Å². The Kier molecular flexibility index (Phi) is 5.70. The maximum absolute atomic E-state index is 13.1. The normalized spacial score (nSPS) is 11.7. The molecule has 0 aliphatic heterocycles. The SMILES string of the molecule is NS(=O)(=O)Oc1ccc(C(=O)N(c2ccc(OS(N)(=O)=O)cc2)n2cnnc2)cc1. The second-order valence-electron chi connectivity index (χ2n) is 5.63. The number of nitrogens with zero attached hydrogens (tertiary/aromatic N) is 4. The molecule has 158 valence electrons. The molecule has 30 heavy (non-hydrogen) atoms. The quantitative estimate of drug-likeness (QED) is 0.476. The van der Waals surface area contributed by atoms with E-state index >= 15 is 0 Å². The Hall–Kier alpha value is -3.53. The Balaban J connectivity index is 1.92. The van der Waals surface area contributed by atoms with E-state index in [-0.39, 0.29) is 17.1 Å².